The number of nitrogens with zero attached hydrogens (tertiary/aromatic N) is 2. The Kier molecular flexibility index (Phi) is 6.53. The number of amides is 1. The summed E-state index contributed by atoms with van der Waals surface area (Å²) in [6.45, 7) is 3.39. The lowest BCUT2D eigenvalue weighted by Crippen LogP contribution is -2.46. The molecule has 3 aromatic rings. The smallest absolute Gasteiger partial charge is 0.336 e. The SMILES string of the molecule is O=C(O)c1ccccc1C(=O)Nc1ccc(N2CCN(c3ccc(Cl)c(Cl)c3)CC2)cc1. The van der Waals surface area contributed by atoms with E-state index in [2.05, 4.69) is 15.1 Å². The first kappa shape index (κ1) is 22.0. The van der Waals surface area contributed by atoms with Crippen molar-refractivity contribution >= 4 is 52.1 Å². The molecule has 6 nitrogen and oxygen atoms in total. The normalized spacial score (nSPS) is 13.7. The first-order chi connectivity index (χ1) is 15.4. The summed E-state index contributed by atoms with van der Waals surface area (Å²) in [6.07, 6.45) is 0. The van der Waals surface area contributed by atoms with Crippen molar-refractivity contribution in [1.29, 1.82) is 0 Å². The summed E-state index contributed by atoms with van der Waals surface area (Å²) >= 11 is 12.2. The van der Waals surface area contributed by atoms with Crippen LogP contribution in [0.15, 0.2) is 66.7 Å². The first-order valence-corrected chi connectivity index (χ1v) is 10.9. The number of hydrogen-bond donors (Lipinski definition) is 2. The molecule has 32 heavy (non-hydrogen) atoms. The molecule has 1 saturated heterocycles. The standard InChI is InChI=1S/C24H21Cl2N3O3/c25-21-10-9-18(15-22(21)26)29-13-11-28(12-14-29)17-7-5-16(6-8-17)27-23(30)19-3-1-2-4-20(19)24(31)32/h1-10,15H,11-14H2,(H,27,30)(H,31,32). The Morgan fingerprint density at radius 3 is 1.91 bits per heavy atom. The van der Waals surface area contributed by atoms with Crippen molar-refractivity contribution in [1.82, 2.24) is 0 Å². The zero-order valence-electron chi connectivity index (χ0n) is 17.1. The highest BCUT2D eigenvalue weighted by Crippen LogP contribution is 2.28. The second kappa shape index (κ2) is 9.51. The molecule has 0 bridgehead atoms. The van der Waals surface area contributed by atoms with Gasteiger partial charge in [0, 0.05) is 43.2 Å². The van der Waals surface area contributed by atoms with Crippen molar-refractivity contribution in [2.24, 2.45) is 0 Å². The summed E-state index contributed by atoms with van der Waals surface area (Å²) < 4.78 is 0. The van der Waals surface area contributed by atoms with Crippen LogP contribution in [0.4, 0.5) is 17.1 Å². The van der Waals surface area contributed by atoms with E-state index < -0.39 is 11.9 Å². The highest BCUT2D eigenvalue weighted by atomic mass is 35.5. The second-order valence-corrected chi connectivity index (χ2v) is 8.24. The number of hydrogen-bond acceptors (Lipinski definition) is 4. The molecule has 3 aromatic carbocycles. The maximum absolute atomic E-state index is 12.5. The summed E-state index contributed by atoms with van der Waals surface area (Å²) in [4.78, 5) is 28.4. The maximum Gasteiger partial charge on any atom is 0.336 e. The van der Waals surface area contributed by atoms with E-state index in [9.17, 15) is 14.7 Å². The molecular weight excluding hydrogens is 449 g/mol. The number of carboxylic acids is 1. The highest BCUT2D eigenvalue weighted by molar-refractivity contribution is 6.42. The molecule has 0 spiro atoms. The fourth-order valence-electron chi connectivity index (χ4n) is 3.73. The number of anilines is 3. The van der Waals surface area contributed by atoms with Gasteiger partial charge in [-0.1, -0.05) is 35.3 Å². The van der Waals surface area contributed by atoms with Crippen LogP contribution in [0.1, 0.15) is 20.7 Å². The second-order valence-electron chi connectivity index (χ2n) is 7.42. The minimum atomic E-state index is -1.13. The fourth-order valence-corrected chi connectivity index (χ4v) is 4.02. The van der Waals surface area contributed by atoms with Gasteiger partial charge in [0.05, 0.1) is 21.2 Å². The fraction of sp³-hybridized carbons (Fsp3) is 0.167. The molecule has 0 radical (unpaired) electrons. The molecule has 0 aliphatic carbocycles. The number of nitrogens with one attached hydrogen (secondary N) is 1. The third-order valence-corrected chi connectivity index (χ3v) is 6.18. The average molecular weight is 470 g/mol. The van der Waals surface area contributed by atoms with Gasteiger partial charge in [0.25, 0.3) is 5.91 Å². The molecule has 0 atom stereocenters. The van der Waals surface area contributed by atoms with Crippen LogP contribution in [0.3, 0.4) is 0 Å². The molecule has 164 valence electrons. The van der Waals surface area contributed by atoms with Gasteiger partial charge in [-0.25, -0.2) is 4.79 Å². The van der Waals surface area contributed by atoms with Crippen LogP contribution < -0.4 is 15.1 Å². The van der Waals surface area contributed by atoms with E-state index in [0.717, 1.165) is 37.6 Å². The number of carbonyl (C=O) groups excluding carboxylic acids is 1. The summed E-state index contributed by atoms with van der Waals surface area (Å²) in [7, 11) is 0. The Labute approximate surface area is 196 Å². The molecule has 2 N–H and O–H groups in total. The summed E-state index contributed by atoms with van der Waals surface area (Å²) in [5.74, 6) is -1.59. The molecular formula is C24H21Cl2N3O3. The van der Waals surface area contributed by atoms with E-state index in [1.807, 2.05) is 42.5 Å². The number of halogens is 2. The molecule has 4 rings (SSSR count). The zero-order valence-corrected chi connectivity index (χ0v) is 18.6. The van der Waals surface area contributed by atoms with Gasteiger partial charge in [0.2, 0.25) is 0 Å². The Morgan fingerprint density at radius 1 is 0.750 bits per heavy atom. The molecule has 0 aromatic heterocycles. The van der Waals surface area contributed by atoms with Crippen LogP contribution in [0.25, 0.3) is 0 Å². The largest absolute Gasteiger partial charge is 0.478 e. The Hall–Kier alpha value is -3.22. The van der Waals surface area contributed by atoms with Crippen molar-refractivity contribution < 1.29 is 14.7 Å². The predicted molar refractivity (Wildman–Crippen MR) is 129 cm³/mol. The number of rotatable bonds is 5. The number of aromatic carboxylic acids is 1. The molecule has 8 heteroatoms. The topological polar surface area (TPSA) is 72.9 Å². The number of benzene rings is 3. The van der Waals surface area contributed by atoms with Crippen LogP contribution in [0.2, 0.25) is 10.0 Å². The number of piperazine rings is 1. The van der Waals surface area contributed by atoms with Gasteiger partial charge in [0.15, 0.2) is 0 Å². The third kappa shape index (κ3) is 4.82. The molecule has 1 amide bonds. The van der Waals surface area contributed by atoms with Crippen LogP contribution in [-0.2, 0) is 0 Å². The van der Waals surface area contributed by atoms with Crippen LogP contribution in [-0.4, -0.2) is 43.2 Å². The molecule has 1 aliphatic heterocycles. The van der Waals surface area contributed by atoms with Gasteiger partial charge in [-0.3, -0.25) is 4.79 Å². The van der Waals surface area contributed by atoms with Crippen LogP contribution in [0, 0.1) is 0 Å². The van der Waals surface area contributed by atoms with Crippen molar-refractivity contribution in [3.05, 3.63) is 87.9 Å². The summed E-state index contributed by atoms with van der Waals surface area (Å²) in [5, 5.41) is 13.1. The van der Waals surface area contributed by atoms with Gasteiger partial charge >= 0.3 is 5.97 Å². The Bertz CT molecular complexity index is 1140. The van der Waals surface area contributed by atoms with E-state index in [0.29, 0.717) is 15.7 Å². The van der Waals surface area contributed by atoms with Gasteiger partial charge in [-0.05, 0) is 54.6 Å². The molecule has 0 saturated carbocycles. The Morgan fingerprint density at radius 2 is 1.31 bits per heavy atom. The Balaban J connectivity index is 1.38. The van der Waals surface area contributed by atoms with Gasteiger partial charge < -0.3 is 20.2 Å². The predicted octanol–water partition coefficient (Wildman–Crippen LogP) is 5.27. The van der Waals surface area contributed by atoms with E-state index in [1.165, 1.54) is 12.1 Å². The first-order valence-electron chi connectivity index (χ1n) is 10.1. The monoisotopic (exact) mass is 469 g/mol. The quantitative estimate of drug-likeness (QED) is 0.532. The lowest BCUT2D eigenvalue weighted by molar-refractivity contribution is 0.0692. The third-order valence-electron chi connectivity index (χ3n) is 5.44. The van der Waals surface area contributed by atoms with Gasteiger partial charge in [-0.15, -0.1) is 0 Å². The highest BCUT2D eigenvalue weighted by Gasteiger charge is 2.19. The van der Waals surface area contributed by atoms with E-state index in [1.54, 1.807) is 12.1 Å². The minimum absolute atomic E-state index is 0.0264. The van der Waals surface area contributed by atoms with Crippen LogP contribution >= 0.6 is 23.2 Å². The summed E-state index contributed by atoms with van der Waals surface area (Å²) in [5.41, 5.74) is 2.82. The van der Waals surface area contributed by atoms with E-state index in [4.69, 9.17) is 23.2 Å². The lowest BCUT2D eigenvalue weighted by Gasteiger charge is -2.37. The average Bonchev–Trinajstić information content (AvgIpc) is 2.81. The molecule has 1 aliphatic rings. The van der Waals surface area contributed by atoms with E-state index in [-0.39, 0.29) is 11.1 Å². The van der Waals surface area contributed by atoms with E-state index >= 15 is 0 Å². The van der Waals surface area contributed by atoms with Crippen molar-refractivity contribution in [2.75, 3.05) is 41.3 Å². The van der Waals surface area contributed by atoms with Crippen molar-refractivity contribution in [3.63, 3.8) is 0 Å². The molecule has 0 unspecified atom stereocenters. The van der Waals surface area contributed by atoms with Crippen molar-refractivity contribution in [3.8, 4) is 0 Å². The minimum Gasteiger partial charge on any atom is -0.478 e. The summed E-state index contributed by atoms with van der Waals surface area (Å²) in [6, 6.07) is 19.4. The maximum atomic E-state index is 12.5. The molecule has 1 fully saturated rings. The zero-order chi connectivity index (χ0) is 22.7. The van der Waals surface area contributed by atoms with Gasteiger partial charge in [-0.2, -0.15) is 0 Å². The van der Waals surface area contributed by atoms with Crippen LogP contribution in [0.5, 0.6) is 0 Å². The van der Waals surface area contributed by atoms with Crippen molar-refractivity contribution in [2.45, 2.75) is 0 Å². The van der Waals surface area contributed by atoms with Gasteiger partial charge in [0.1, 0.15) is 0 Å². The number of carboxylic acid groups (broad SMARTS) is 1. The lowest BCUT2D eigenvalue weighted by atomic mass is 10.1. The number of carbonyl (C=O) groups is 2. The molecule has 1 heterocycles.